The topological polar surface area (TPSA) is 30.7 Å². The maximum Gasteiger partial charge on any atom is 0.153 e. The molecule has 0 unspecified atom stereocenters. The molecule has 2 rings (SSSR count). The molecule has 2 heterocycles. The first-order chi connectivity index (χ1) is 6.27. The van der Waals surface area contributed by atoms with Crippen molar-refractivity contribution in [3.05, 3.63) is 40.8 Å². The van der Waals surface area contributed by atoms with Gasteiger partial charge in [0.25, 0.3) is 0 Å². The van der Waals surface area contributed by atoms with Gasteiger partial charge in [0.2, 0.25) is 0 Å². The molecule has 0 aliphatic rings. The molecule has 0 radical (unpaired) electrons. The lowest BCUT2D eigenvalue weighted by Crippen LogP contribution is -1.96. The van der Waals surface area contributed by atoms with E-state index in [2.05, 4.69) is 26.0 Å². The van der Waals surface area contributed by atoms with Gasteiger partial charge < -0.3 is 0 Å². The summed E-state index contributed by atoms with van der Waals surface area (Å²) in [6.07, 6.45) is 3.65. The third kappa shape index (κ3) is 1.62. The Hall–Kier alpha value is -1.16. The summed E-state index contributed by atoms with van der Waals surface area (Å²) in [6, 6.07) is 5.74. The highest BCUT2D eigenvalue weighted by atomic mass is 79.9. The lowest BCUT2D eigenvalue weighted by Gasteiger charge is -1.96. The van der Waals surface area contributed by atoms with Crippen LogP contribution < -0.4 is 0 Å². The molecule has 13 heavy (non-hydrogen) atoms. The number of aromatic nitrogens is 3. The summed E-state index contributed by atoms with van der Waals surface area (Å²) in [7, 11) is 0. The molecule has 0 aromatic carbocycles. The van der Waals surface area contributed by atoms with Gasteiger partial charge in [0.05, 0.1) is 10.2 Å². The highest BCUT2D eigenvalue weighted by molar-refractivity contribution is 9.10. The van der Waals surface area contributed by atoms with Gasteiger partial charge in [0, 0.05) is 12.4 Å². The highest BCUT2D eigenvalue weighted by Gasteiger charge is 2.02. The van der Waals surface area contributed by atoms with Crippen molar-refractivity contribution >= 4 is 15.9 Å². The van der Waals surface area contributed by atoms with Crippen molar-refractivity contribution in [2.45, 2.75) is 6.92 Å². The summed E-state index contributed by atoms with van der Waals surface area (Å²) in [6.45, 7) is 1.95. The molecule has 0 aliphatic heterocycles. The number of nitrogens with zero attached hydrogens (tertiary/aromatic N) is 3. The standard InChI is InChI=1S/C9H8BrN3/c1-7-8(10)6-13(12-7)9-4-2-3-5-11-9/h2-6H,1H3. The summed E-state index contributed by atoms with van der Waals surface area (Å²) >= 11 is 3.40. The summed E-state index contributed by atoms with van der Waals surface area (Å²) in [5, 5.41) is 4.29. The van der Waals surface area contributed by atoms with E-state index in [1.54, 1.807) is 10.9 Å². The Morgan fingerprint density at radius 1 is 1.38 bits per heavy atom. The average molecular weight is 238 g/mol. The van der Waals surface area contributed by atoms with Crippen molar-refractivity contribution < 1.29 is 0 Å². The fourth-order valence-electron chi connectivity index (χ4n) is 1.05. The molecule has 2 aromatic heterocycles. The Labute approximate surface area is 84.5 Å². The van der Waals surface area contributed by atoms with Gasteiger partial charge in [-0.1, -0.05) is 6.07 Å². The van der Waals surface area contributed by atoms with Gasteiger partial charge in [0.1, 0.15) is 0 Å². The minimum absolute atomic E-state index is 0.830. The molecular weight excluding hydrogens is 230 g/mol. The predicted molar refractivity (Wildman–Crippen MR) is 53.8 cm³/mol. The number of pyridine rings is 1. The van der Waals surface area contributed by atoms with E-state index in [0.29, 0.717) is 0 Å². The van der Waals surface area contributed by atoms with Gasteiger partial charge in [-0.05, 0) is 35.0 Å². The first-order valence-corrected chi connectivity index (χ1v) is 4.70. The van der Waals surface area contributed by atoms with E-state index in [1.807, 2.05) is 31.3 Å². The molecule has 66 valence electrons. The first kappa shape index (κ1) is 8.44. The smallest absolute Gasteiger partial charge is 0.153 e. The van der Waals surface area contributed by atoms with E-state index in [9.17, 15) is 0 Å². The zero-order valence-corrected chi connectivity index (χ0v) is 8.69. The number of hydrogen-bond acceptors (Lipinski definition) is 2. The van der Waals surface area contributed by atoms with Crippen LogP contribution in [-0.2, 0) is 0 Å². The predicted octanol–water partition coefficient (Wildman–Crippen LogP) is 2.34. The lowest BCUT2D eigenvalue weighted by molar-refractivity contribution is 0.832. The van der Waals surface area contributed by atoms with E-state index < -0.39 is 0 Å². The summed E-state index contributed by atoms with van der Waals surface area (Å²) in [4.78, 5) is 4.18. The Bertz CT molecular complexity index is 389. The highest BCUT2D eigenvalue weighted by Crippen LogP contribution is 2.15. The van der Waals surface area contributed by atoms with Crippen molar-refractivity contribution in [3.63, 3.8) is 0 Å². The number of rotatable bonds is 1. The van der Waals surface area contributed by atoms with E-state index in [0.717, 1.165) is 16.0 Å². The van der Waals surface area contributed by atoms with Gasteiger partial charge >= 0.3 is 0 Å². The second-order valence-corrected chi connectivity index (χ2v) is 3.55. The van der Waals surface area contributed by atoms with Crippen LogP contribution in [0.25, 0.3) is 5.82 Å². The molecule has 2 aromatic rings. The first-order valence-electron chi connectivity index (χ1n) is 3.90. The minimum Gasteiger partial charge on any atom is -0.237 e. The molecule has 0 saturated carbocycles. The third-order valence-corrected chi connectivity index (χ3v) is 2.50. The molecule has 0 saturated heterocycles. The Morgan fingerprint density at radius 2 is 2.23 bits per heavy atom. The monoisotopic (exact) mass is 237 g/mol. The van der Waals surface area contributed by atoms with Crippen LogP contribution in [0.2, 0.25) is 0 Å². The average Bonchev–Trinajstić information content (AvgIpc) is 2.49. The molecule has 0 aliphatic carbocycles. The van der Waals surface area contributed by atoms with E-state index in [-0.39, 0.29) is 0 Å². The Kier molecular flexibility index (Phi) is 2.14. The minimum atomic E-state index is 0.830. The number of halogens is 1. The molecule has 0 fully saturated rings. The molecule has 0 N–H and O–H groups in total. The Morgan fingerprint density at radius 3 is 2.77 bits per heavy atom. The van der Waals surface area contributed by atoms with E-state index in [4.69, 9.17) is 0 Å². The van der Waals surface area contributed by atoms with Crippen molar-refractivity contribution in [2.75, 3.05) is 0 Å². The number of aryl methyl sites for hydroxylation is 1. The van der Waals surface area contributed by atoms with Gasteiger partial charge in [-0.2, -0.15) is 5.10 Å². The van der Waals surface area contributed by atoms with Gasteiger partial charge in [0.15, 0.2) is 5.82 Å². The molecule has 0 atom stereocenters. The summed E-state index contributed by atoms with van der Waals surface area (Å²) in [5.41, 5.74) is 0.964. The van der Waals surface area contributed by atoms with Crippen molar-refractivity contribution in [1.29, 1.82) is 0 Å². The molecule has 3 nitrogen and oxygen atoms in total. The van der Waals surface area contributed by atoms with Crippen LogP contribution in [0, 0.1) is 6.92 Å². The molecular formula is C9H8BrN3. The quantitative estimate of drug-likeness (QED) is 0.763. The normalized spacial score (nSPS) is 10.3. The van der Waals surface area contributed by atoms with E-state index in [1.165, 1.54) is 0 Å². The fraction of sp³-hybridized carbons (Fsp3) is 0.111. The van der Waals surface area contributed by atoms with Crippen LogP contribution in [0.1, 0.15) is 5.69 Å². The summed E-state index contributed by atoms with van der Waals surface area (Å²) in [5.74, 6) is 0.830. The van der Waals surface area contributed by atoms with Crippen molar-refractivity contribution in [2.24, 2.45) is 0 Å². The van der Waals surface area contributed by atoms with E-state index >= 15 is 0 Å². The maximum absolute atomic E-state index is 4.29. The third-order valence-electron chi connectivity index (χ3n) is 1.72. The second kappa shape index (κ2) is 3.30. The Balaban J connectivity index is 2.48. The van der Waals surface area contributed by atoms with Crippen molar-refractivity contribution in [1.82, 2.24) is 14.8 Å². The largest absolute Gasteiger partial charge is 0.237 e. The zero-order valence-electron chi connectivity index (χ0n) is 7.11. The molecule has 0 amide bonds. The van der Waals surface area contributed by atoms with Gasteiger partial charge in [-0.25, -0.2) is 9.67 Å². The molecule has 0 spiro atoms. The van der Waals surface area contributed by atoms with Crippen LogP contribution in [0.3, 0.4) is 0 Å². The van der Waals surface area contributed by atoms with Gasteiger partial charge in [-0.15, -0.1) is 0 Å². The van der Waals surface area contributed by atoms with Gasteiger partial charge in [-0.3, -0.25) is 0 Å². The van der Waals surface area contributed by atoms with Crippen LogP contribution in [0.4, 0.5) is 0 Å². The SMILES string of the molecule is Cc1nn(-c2ccccn2)cc1Br. The van der Waals surface area contributed by atoms with Crippen molar-refractivity contribution in [3.8, 4) is 5.82 Å². The van der Waals surface area contributed by atoms with Crippen LogP contribution in [0.15, 0.2) is 35.1 Å². The van der Waals surface area contributed by atoms with Crippen LogP contribution in [0.5, 0.6) is 0 Å². The number of hydrogen-bond donors (Lipinski definition) is 0. The summed E-state index contributed by atoms with van der Waals surface area (Å²) < 4.78 is 2.75. The fourth-order valence-corrected chi connectivity index (χ4v) is 1.32. The maximum atomic E-state index is 4.29. The van der Waals surface area contributed by atoms with Crippen LogP contribution in [-0.4, -0.2) is 14.8 Å². The second-order valence-electron chi connectivity index (χ2n) is 2.69. The lowest BCUT2D eigenvalue weighted by atomic mass is 10.5. The van der Waals surface area contributed by atoms with Crippen LogP contribution >= 0.6 is 15.9 Å². The zero-order chi connectivity index (χ0) is 9.26. The molecule has 0 bridgehead atoms. The molecule has 4 heteroatoms.